The van der Waals surface area contributed by atoms with E-state index < -0.39 is 0 Å². The van der Waals surface area contributed by atoms with Crippen molar-refractivity contribution in [3.63, 3.8) is 0 Å². The molecule has 0 bridgehead atoms. The van der Waals surface area contributed by atoms with Crippen LogP contribution in [0.1, 0.15) is 41.3 Å². The molecule has 0 saturated heterocycles. The quantitative estimate of drug-likeness (QED) is 0.407. The molecule has 0 aliphatic carbocycles. The number of carbonyl (C=O) groups is 1. The van der Waals surface area contributed by atoms with Gasteiger partial charge in [-0.15, -0.1) is 0 Å². The molecule has 3 nitrogen and oxygen atoms in total. The highest BCUT2D eigenvalue weighted by molar-refractivity contribution is 5.98. The lowest BCUT2D eigenvalue weighted by Crippen LogP contribution is -2.22. The van der Waals surface area contributed by atoms with E-state index in [1.165, 1.54) is 29.5 Å². The van der Waals surface area contributed by atoms with E-state index in [1.807, 2.05) is 48.8 Å². The highest BCUT2D eigenvalue weighted by atomic mass is 16.1. The molecule has 1 aromatic heterocycles. The number of aryl methyl sites for hydroxylation is 1. The fraction of sp³-hybridized carbons (Fsp3) is 0.185. The lowest BCUT2D eigenvalue weighted by atomic mass is 9.96. The van der Waals surface area contributed by atoms with Gasteiger partial charge in [0.25, 0.3) is 5.91 Å². The van der Waals surface area contributed by atoms with Crippen molar-refractivity contribution < 1.29 is 4.79 Å². The largest absolute Gasteiger partial charge is 0.348 e. The van der Waals surface area contributed by atoms with Crippen LogP contribution in [0.4, 0.5) is 0 Å². The van der Waals surface area contributed by atoms with E-state index in [4.69, 9.17) is 0 Å². The summed E-state index contributed by atoms with van der Waals surface area (Å²) in [7, 11) is 0. The van der Waals surface area contributed by atoms with Crippen LogP contribution in [-0.4, -0.2) is 10.9 Å². The van der Waals surface area contributed by atoms with E-state index in [0.29, 0.717) is 12.1 Å². The predicted molar refractivity (Wildman–Crippen MR) is 123 cm³/mol. The maximum absolute atomic E-state index is 12.6. The molecule has 1 heterocycles. The number of hydrogen-bond donors (Lipinski definition) is 1. The minimum absolute atomic E-state index is 0.0544. The Balaban J connectivity index is 1.52. The molecule has 0 aliphatic heterocycles. The van der Waals surface area contributed by atoms with E-state index >= 15 is 0 Å². The zero-order valence-electron chi connectivity index (χ0n) is 17.3. The lowest BCUT2D eigenvalue weighted by molar-refractivity contribution is 0.0951. The fourth-order valence-corrected chi connectivity index (χ4v) is 3.75. The molecule has 0 atom stereocenters. The topological polar surface area (TPSA) is 42.0 Å². The van der Waals surface area contributed by atoms with E-state index in [2.05, 4.69) is 53.6 Å². The SMILES string of the molecule is CCCCc1ccc(C(=O)NCc2ccc(-c3ccccc3)c3ccncc23)cc1. The molecule has 0 saturated carbocycles. The van der Waals surface area contributed by atoms with E-state index in [0.717, 1.165) is 22.8 Å². The molecule has 0 radical (unpaired) electrons. The highest BCUT2D eigenvalue weighted by Gasteiger charge is 2.10. The molecule has 0 fully saturated rings. The Kier molecular flexibility index (Phi) is 6.19. The van der Waals surface area contributed by atoms with E-state index in [1.54, 1.807) is 0 Å². The van der Waals surface area contributed by atoms with Gasteiger partial charge in [-0.3, -0.25) is 9.78 Å². The Labute approximate surface area is 177 Å². The number of carbonyl (C=O) groups excluding carboxylic acids is 1. The van der Waals surface area contributed by atoms with Crippen LogP contribution in [0.3, 0.4) is 0 Å². The number of hydrogen-bond acceptors (Lipinski definition) is 2. The number of unbranched alkanes of at least 4 members (excludes halogenated alkanes) is 1. The minimum Gasteiger partial charge on any atom is -0.348 e. The van der Waals surface area contributed by atoms with Crippen molar-refractivity contribution in [2.75, 3.05) is 0 Å². The standard InChI is InChI=1S/C27H26N2O/c1-2-3-7-20-10-12-22(13-11-20)27(30)29-18-23-14-15-24(21-8-5-4-6-9-21)25-16-17-28-19-26(23)25/h4-6,8-17,19H,2-3,7,18H2,1H3,(H,29,30). The van der Waals surface area contributed by atoms with Crippen molar-refractivity contribution in [2.24, 2.45) is 0 Å². The molecule has 1 N–H and O–H groups in total. The van der Waals surface area contributed by atoms with Crippen molar-refractivity contribution in [1.29, 1.82) is 0 Å². The number of amides is 1. The fourth-order valence-electron chi connectivity index (χ4n) is 3.75. The lowest BCUT2D eigenvalue weighted by Gasteiger charge is -2.12. The number of benzene rings is 3. The van der Waals surface area contributed by atoms with Gasteiger partial charge in [-0.2, -0.15) is 0 Å². The summed E-state index contributed by atoms with van der Waals surface area (Å²) >= 11 is 0. The molecular formula is C27H26N2O. The predicted octanol–water partition coefficient (Wildman–Crippen LogP) is 6.17. The monoisotopic (exact) mass is 394 g/mol. The van der Waals surface area contributed by atoms with Gasteiger partial charge in [0.2, 0.25) is 0 Å². The van der Waals surface area contributed by atoms with Crippen molar-refractivity contribution in [3.05, 3.63) is 102 Å². The first-order valence-corrected chi connectivity index (χ1v) is 10.5. The molecule has 3 heteroatoms. The van der Waals surface area contributed by atoms with Crippen molar-refractivity contribution in [1.82, 2.24) is 10.3 Å². The van der Waals surface area contributed by atoms with Crippen LogP contribution in [0.25, 0.3) is 21.9 Å². The van der Waals surface area contributed by atoms with E-state index in [-0.39, 0.29) is 5.91 Å². The molecule has 0 unspecified atom stereocenters. The zero-order valence-corrected chi connectivity index (χ0v) is 17.3. The van der Waals surface area contributed by atoms with Gasteiger partial charge in [0, 0.05) is 29.9 Å². The molecular weight excluding hydrogens is 368 g/mol. The third-order valence-electron chi connectivity index (χ3n) is 5.47. The second-order valence-corrected chi connectivity index (χ2v) is 7.54. The normalized spacial score (nSPS) is 10.8. The average molecular weight is 395 g/mol. The molecule has 4 rings (SSSR count). The molecule has 0 spiro atoms. The number of rotatable bonds is 7. The smallest absolute Gasteiger partial charge is 0.251 e. The van der Waals surface area contributed by atoms with Crippen LogP contribution in [0, 0.1) is 0 Å². The molecule has 3 aromatic carbocycles. The van der Waals surface area contributed by atoms with Crippen LogP contribution in [0.5, 0.6) is 0 Å². The van der Waals surface area contributed by atoms with E-state index in [9.17, 15) is 4.79 Å². The minimum atomic E-state index is -0.0544. The van der Waals surface area contributed by atoms with Crippen molar-refractivity contribution >= 4 is 16.7 Å². The Morgan fingerprint density at radius 2 is 1.70 bits per heavy atom. The molecule has 0 aliphatic rings. The van der Waals surface area contributed by atoms with Gasteiger partial charge in [-0.05, 0) is 58.7 Å². The number of pyridine rings is 1. The number of nitrogens with one attached hydrogen (secondary N) is 1. The van der Waals surface area contributed by atoms with Crippen LogP contribution in [-0.2, 0) is 13.0 Å². The summed E-state index contributed by atoms with van der Waals surface area (Å²) in [6, 6.07) is 24.5. The Morgan fingerprint density at radius 1 is 0.900 bits per heavy atom. The summed E-state index contributed by atoms with van der Waals surface area (Å²) in [5, 5.41) is 5.27. The van der Waals surface area contributed by atoms with Crippen LogP contribution in [0.15, 0.2) is 85.2 Å². The summed E-state index contributed by atoms with van der Waals surface area (Å²) in [4.78, 5) is 17.0. The number of nitrogens with zero attached hydrogens (tertiary/aromatic N) is 1. The Hall–Kier alpha value is -3.46. The summed E-state index contributed by atoms with van der Waals surface area (Å²) in [6.07, 6.45) is 7.11. The first-order valence-electron chi connectivity index (χ1n) is 10.5. The van der Waals surface area contributed by atoms with Gasteiger partial charge in [0.15, 0.2) is 0 Å². The maximum atomic E-state index is 12.6. The first kappa shape index (κ1) is 19.8. The number of aromatic nitrogens is 1. The second-order valence-electron chi connectivity index (χ2n) is 7.54. The van der Waals surface area contributed by atoms with Crippen molar-refractivity contribution in [2.45, 2.75) is 32.7 Å². The van der Waals surface area contributed by atoms with Crippen LogP contribution >= 0.6 is 0 Å². The van der Waals surface area contributed by atoms with Gasteiger partial charge in [-0.25, -0.2) is 0 Å². The highest BCUT2D eigenvalue weighted by Crippen LogP contribution is 2.30. The first-order chi connectivity index (χ1) is 14.8. The van der Waals surface area contributed by atoms with Gasteiger partial charge in [-0.1, -0.05) is 67.9 Å². The summed E-state index contributed by atoms with van der Waals surface area (Å²) in [5.41, 5.74) is 5.38. The maximum Gasteiger partial charge on any atom is 0.251 e. The van der Waals surface area contributed by atoms with Crippen LogP contribution in [0.2, 0.25) is 0 Å². The van der Waals surface area contributed by atoms with Gasteiger partial charge in [0.1, 0.15) is 0 Å². The molecule has 1 amide bonds. The third kappa shape index (κ3) is 4.41. The molecule has 30 heavy (non-hydrogen) atoms. The van der Waals surface area contributed by atoms with Gasteiger partial charge >= 0.3 is 0 Å². The summed E-state index contributed by atoms with van der Waals surface area (Å²) in [5.74, 6) is -0.0544. The zero-order chi connectivity index (χ0) is 20.8. The summed E-state index contributed by atoms with van der Waals surface area (Å²) in [6.45, 7) is 2.65. The Morgan fingerprint density at radius 3 is 2.47 bits per heavy atom. The third-order valence-corrected chi connectivity index (χ3v) is 5.47. The van der Waals surface area contributed by atoms with Crippen LogP contribution < -0.4 is 5.32 Å². The molecule has 150 valence electrons. The molecule has 4 aromatic rings. The summed E-state index contributed by atoms with van der Waals surface area (Å²) < 4.78 is 0. The number of fused-ring (bicyclic) bond motifs is 1. The second kappa shape index (κ2) is 9.36. The van der Waals surface area contributed by atoms with Gasteiger partial charge < -0.3 is 5.32 Å². The average Bonchev–Trinajstić information content (AvgIpc) is 2.82. The van der Waals surface area contributed by atoms with Gasteiger partial charge in [0.05, 0.1) is 0 Å². The Bertz CT molecular complexity index is 1130. The van der Waals surface area contributed by atoms with Crippen molar-refractivity contribution in [3.8, 4) is 11.1 Å².